The Morgan fingerprint density at radius 3 is 2.47 bits per heavy atom. The third-order valence-corrected chi connectivity index (χ3v) is 2.38. The lowest BCUT2D eigenvalue weighted by molar-refractivity contribution is -0.154. The number of carboxylic acids is 1. The van der Waals surface area contributed by atoms with Gasteiger partial charge in [0.25, 0.3) is 0 Å². The Hall–Kier alpha value is -2.08. The van der Waals surface area contributed by atoms with E-state index in [9.17, 15) is 10.0 Å². The number of hydrogen-bond acceptors (Lipinski definition) is 3. The fourth-order valence-electron chi connectivity index (χ4n) is 1.47. The zero-order valence-electron chi connectivity index (χ0n) is 9.21. The molecule has 1 aromatic carbocycles. The molecule has 0 unspecified atom stereocenters. The maximum absolute atomic E-state index is 10.9. The van der Waals surface area contributed by atoms with Crippen molar-refractivity contribution in [2.24, 2.45) is 5.73 Å². The number of guanidine groups is 1. The van der Waals surface area contributed by atoms with Gasteiger partial charge in [0.05, 0.1) is 0 Å². The molecule has 6 nitrogen and oxygen atoms in total. The van der Waals surface area contributed by atoms with E-state index in [1.54, 1.807) is 0 Å². The van der Waals surface area contributed by atoms with Crippen LogP contribution in [0.1, 0.15) is 12.0 Å². The van der Waals surface area contributed by atoms with Crippen molar-refractivity contribution >= 4 is 11.9 Å². The zero-order valence-corrected chi connectivity index (χ0v) is 9.21. The minimum Gasteiger partial charge on any atom is -0.480 e. The summed E-state index contributed by atoms with van der Waals surface area (Å²) in [5.74, 6) is -1.89. The van der Waals surface area contributed by atoms with Crippen molar-refractivity contribution in [3.63, 3.8) is 0 Å². The molecular weight excluding hydrogens is 222 g/mol. The highest BCUT2D eigenvalue weighted by atomic mass is 16.5. The van der Waals surface area contributed by atoms with Crippen LogP contribution in [0.5, 0.6) is 0 Å². The molecule has 0 heterocycles. The van der Waals surface area contributed by atoms with E-state index in [1.165, 1.54) is 0 Å². The van der Waals surface area contributed by atoms with E-state index >= 15 is 0 Å². The Balaban J connectivity index is 2.63. The van der Waals surface area contributed by atoms with Crippen molar-refractivity contribution in [3.05, 3.63) is 35.9 Å². The number of rotatable bonds is 5. The molecule has 0 aromatic heterocycles. The van der Waals surface area contributed by atoms with Gasteiger partial charge >= 0.3 is 5.97 Å². The third-order valence-electron chi connectivity index (χ3n) is 2.38. The van der Waals surface area contributed by atoms with Gasteiger partial charge in [-0.3, -0.25) is 10.6 Å². The van der Waals surface area contributed by atoms with Gasteiger partial charge in [-0.25, -0.2) is 9.86 Å². The first-order valence-corrected chi connectivity index (χ1v) is 5.11. The van der Waals surface area contributed by atoms with Crippen molar-refractivity contribution in [1.82, 2.24) is 5.06 Å². The molecule has 0 radical (unpaired) electrons. The molecule has 0 spiro atoms. The molecule has 0 bridgehead atoms. The number of hydroxylamine groups is 2. The van der Waals surface area contributed by atoms with Crippen LogP contribution in [0.4, 0.5) is 0 Å². The molecule has 1 atom stereocenters. The number of aliphatic carboxylic acids is 1. The van der Waals surface area contributed by atoms with E-state index in [0.717, 1.165) is 5.56 Å². The molecule has 17 heavy (non-hydrogen) atoms. The predicted octanol–water partition coefficient (Wildman–Crippen LogP) is 0.657. The summed E-state index contributed by atoms with van der Waals surface area (Å²) in [5, 5.41) is 25.5. The quantitative estimate of drug-likeness (QED) is 0.341. The number of nitrogens with one attached hydrogen (secondary N) is 1. The van der Waals surface area contributed by atoms with Gasteiger partial charge in [-0.05, 0) is 18.4 Å². The van der Waals surface area contributed by atoms with Crippen LogP contribution in [-0.4, -0.2) is 33.3 Å². The van der Waals surface area contributed by atoms with Crippen molar-refractivity contribution < 1.29 is 15.1 Å². The zero-order chi connectivity index (χ0) is 12.8. The second kappa shape index (κ2) is 5.86. The van der Waals surface area contributed by atoms with Crippen LogP contribution < -0.4 is 5.73 Å². The topological polar surface area (TPSA) is 111 Å². The molecule has 0 aliphatic rings. The van der Waals surface area contributed by atoms with Gasteiger partial charge in [-0.15, -0.1) is 0 Å². The van der Waals surface area contributed by atoms with Crippen LogP contribution in [0.15, 0.2) is 30.3 Å². The predicted molar refractivity (Wildman–Crippen MR) is 61.7 cm³/mol. The number of carboxylic acid groups (broad SMARTS) is 1. The fraction of sp³-hybridized carbons (Fsp3) is 0.273. The second-order valence-corrected chi connectivity index (χ2v) is 3.61. The van der Waals surface area contributed by atoms with Gasteiger partial charge in [0.15, 0.2) is 6.04 Å². The summed E-state index contributed by atoms with van der Waals surface area (Å²) in [6, 6.07) is 8.11. The lowest BCUT2D eigenvalue weighted by Crippen LogP contribution is -2.46. The number of aryl methyl sites for hydroxylation is 1. The van der Waals surface area contributed by atoms with Gasteiger partial charge in [-0.1, -0.05) is 30.3 Å². The van der Waals surface area contributed by atoms with E-state index in [4.69, 9.17) is 16.2 Å². The Morgan fingerprint density at radius 2 is 2.00 bits per heavy atom. The molecule has 1 aromatic rings. The smallest absolute Gasteiger partial charge is 0.329 e. The van der Waals surface area contributed by atoms with Crippen molar-refractivity contribution in [2.75, 3.05) is 0 Å². The van der Waals surface area contributed by atoms with Crippen LogP contribution >= 0.6 is 0 Å². The summed E-state index contributed by atoms with van der Waals surface area (Å²) in [4.78, 5) is 10.9. The van der Waals surface area contributed by atoms with Crippen molar-refractivity contribution in [3.8, 4) is 0 Å². The molecule has 0 saturated heterocycles. The molecule has 92 valence electrons. The molecule has 0 amide bonds. The Morgan fingerprint density at radius 1 is 1.41 bits per heavy atom. The van der Waals surface area contributed by atoms with Crippen molar-refractivity contribution in [2.45, 2.75) is 18.9 Å². The van der Waals surface area contributed by atoms with Crippen LogP contribution in [0.2, 0.25) is 0 Å². The number of carbonyl (C=O) groups is 1. The van der Waals surface area contributed by atoms with Crippen LogP contribution in [0, 0.1) is 5.41 Å². The summed E-state index contributed by atoms with van der Waals surface area (Å²) in [6.45, 7) is 0. The SMILES string of the molecule is N=C(N)N(O)[C@@H](CCc1ccccc1)C(=O)O. The highest BCUT2D eigenvalue weighted by molar-refractivity contribution is 5.81. The van der Waals surface area contributed by atoms with E-state index < -0.39 is 18.0 Å². The largest absolute Gasteiger partial charge is 0.480 e. The minimum atomic E-state index is -1.21. The molecule has 0 aliphatic heterocycles. The highest BCUT2D eigenvalue weighted by Gasteiger charge is 2.25. The first-order chi connectivity index (χ1) is 8.02. The van der Waals surface area contributed by atoms with E-state index in [0.29, 0.717) is 6.42 Å². The van der Waals surface area contributed by atoms with Crippen LogP contribution in [0.3, 0.4) is 0 Å². The lowest BCUT2D eigenvalue weighted by Gasteiger charge is -2.22. The third kappa shape index (κ3) is 3.76. The average Bonchev–Trinajstić information content (AvgIpc) is 2.29. The Labute approximate surface area is 98.7 Å². The summed E-state index contributed by atoms with van der Waals surface area (Å²) >= 11 is 0. The first kappa shape index (κ1) is 13.0. The summed E-state index contributed by atoms with van der Waals surface area (Å²) in [6.07, 6.45) is 0.664. The maximum Gasteiger partial charge on any atom is 0.329 e. The molecule has 1 rings (SSSR count). The minimum absolute atomic E-state index is 0.176. The lowest BCUT2D eigenvalue weighted by atomic mass is 10.1. The number of nitrogens with zero attached hydrogens (tertiary/aromatic N) is 1. The summed E-state index contributed by atoms with van der Waals surface area (Å²) in [7, 11) is 0. The number of benzene rings is 1. The monoisotopic (exact) mass is 237 g/mol. The maximum atomic E-state index is 10.9. The van der Waals surface area contributed by atoms with Crippen molar-refractivity contribution in [1.29, 1.82) is 5.41 Å². The molecule has 6 heteroatoms. The standard InChI is InChI=1S/C11H15N3O3/c12-11(13)14(17)9(10(15)16)7-6-8-4-2-1-3-5-8/h1-5,9,17H,6-7H2,(H3,12,13)(H,15,16)/t9-/m0/s1. The summed E-state index contributed by atoms with van der Waals surface area (Å²) < 4.78 is 0. The average molecular weight is 237 g/mol. The number of nitrogens with two attached hydrogens (primary N) is 1. The molecule has 0 saturated carbocycles. The Kier molecular flexibility index (Phi) is 4.47. The Bertz CT molecular complexity index is 394. The fourth-order valence-corrected chi connectivity index (χ4v) is 1.47. The van der Waals surface area contributed by atoms with Crippen LogP contribution in [-0.2, 0) is 11.2 Å². The molecular formula is C11H15N3O3. The van der Waals surface area contributed by atoms with Gasteiger partial charge in [0.1, 0.15) is 0 Å². The molecule has 5 N–H and O–H groups in total. The second-order valence-electron chi connectivity index (χ2n) is 3.61. The van der Waals surface area contributed by atoms with E-state index in [2.05, 4.69) is 0 Å². The number of hydrogen-bond donors (Lipinski definition) is 4. The summed E-state index contributed by atoms with van der Waals surface area (Å²) in [5.41, 5.74) is 6.01. The van der Waals surface area contributed by atoms with E-state index in [1.807, 2.05) is 30.3 Å². The van der Waals surface area contributed by atoms with Gasteiger partial charge in [-0.2, -0.15) is 0 Å². The molecule has 0 aliphatic carbocycles. The highest BCUT2D eigenvalue weighted by Crippen LogP contribution is 2.08. The van der Waals surface area contributed by atoms with Crippen LogP contribution in [0.25, 0.3) is 0 Å². The van der Waals surface area contributed by atoms with Gasteiger partial charge < -0.3 is 10.8 Å². The normalized spacial score (nSPS) is 11.8. The molecule has 0 fully saturated rings. The van der Waals surface area contributed by atoms with Gasteiger partial charge in [0, 0.05) is 0 Å². The van der Waals surface area contributed by atoms with E-state index in [-0.39, 0.29) is 11.5 Å². The van der Waals surface area contributed by atoms with Gasteiger partial charge in [0.2, 0.25) is 5.96 Å². The first-order valence-electron chi connectivity index (χ1n) is 5.11.